The number of pyridine rings is 1. The molecule has 4 rings (SSSR count). The zero-order valence-corrected chi connectivity index (χ0v) is 14.3. The van der Waals surface area contributed by atoms with Gasteiger partial charge in [-0.25, -0.2) is 9.97 Å². The number of hydrogen-bond donors (Lipinski definition) is 0. The van der Waals surface area contributed by atoms with Crippen LogP contribution in [-0.2, 0) is 4.79 Å². The fourth-order valence-electron chi connectivity index (χ4n) is 3.12. The van der Waals surface area contributed by atoms with Gasteiger partial charge in [-0.05, 0) is 56.7 Å². The van der Waals surface area contributed by atoms with Crippen molar-refractivity contribution >= 4 is 11.6 Å². The number of amides is 1. The maximum Gasteiger partial charge on any atom is 0.227 e. The van der Waals surface area contributed by atoms with E-state index in [1.165, 1.54) is 0 Å². The third-order valence-corrected chi connectivity index (χ3v) is 4.31. The molecule has 0 radical (unpaired) electrons. The number of carbonyl (C=O) groups is 1. The van der Waals surface area contributed by atoms with Crippen LogP contribution in [0.1, 0.15) is 24.4 Å². The van der Waals surface area contributed by atoms with Crippen LogP contribution >= 0.6 is 0 Å². The fraction of sp³-hybridized carbons (Fsp3) is 0.263. The molecule has 0 N–H and O–H groups in total. The predicted molar refractivity (Wildman–Crippen MR) is 95.7 cm³/mol. The summed E-state index contributed by atoms with van der Waals surface area (Å²) in [6.45, 7) is 4.61. The smallest absolute Gasteiger partial charge is 0.227 e. The summed E-state index contributed by atoms with van der Waals surface area (Å²) in [4.78, 5) is 22.8. The lowest BCUT2D eigenvalue weighted by molar-refractivity contribution is -0.117. The lowest BCUT2D eigenvalue weighted by Gasteiger charge is -2.15. The highest BCUT2D eigenvalue weighted by molar-refractivity contribution is 5.95. The van der Waals surface area contributed by atoms with Crippen molar-refractivity contribution in [2.75, 3.05) is 11.4 Å². The van der Waals surface area contributed by atoms with E-state index in [0.29, 0.717) is 12.2 Å². The van der Waals surface area contributed by atoms with E-state index < -0.39 is 0 Å². The summed E-state index contributed by atoms with van der Waals surface area (Å²) in [7, 11) is 0. The van der Waals surface area contributed by atoms with E-state index in [-0.39, 0.29) is 5.91 Å². The number of rotatable bonds is 3. The second-order valence-corrected chi connectivity index (χ2v) is 6.23. The molecule has 1 fully saturated rings. The average molecular weight is 333 g/mol. The van der Waals surface area contributed by atoms with Crippen molar-refractivity contribution in [1.82, 2.24) is 19.7 Å². The molecular weight excluding hydrogens is 314 g/mol. The van der Waals surface area contributed by atoms with E-state index in [0.717, 1.165) is 41.6 Å². The largest absolute Gasteiger partial charge is 0.312 e. The van der Waals surface area contributed by atoms with Crippen molar-refractivity contribution in [3.05, 3.63) is 54.0 Å². The fourth-order valence-corrected chi connectivity index (χ4v) is 3.12. The first-order chi connectivity index (χ1) is 12.1. The van der Waals surface area contributed by atoms with Crippen LogP contribution in [0.15, 0.2) is 42.5 Å². The predicted octanol–water partition coefficient (Wildman–Crippen LogP) is 3.07. The van der Waals surface area contributed by atoms with Gasteiger partial charge in [0, 0.05) is 29.9 Å². The zero-order chi connectivity index (χ0) is 17.4. The Kier molecular flexibility index (Phi) is 3.80. The Balaban J connectivity index is 1.72. The molecule has 0 bridgehead atoms. The summed E-state index contributed by atoms with van der Waals surface area (Å²) in [5.74, 6) is 2.37. The van der Waals surface area contributed by atoms with E-state index in [1.807, 2.05) is 61.2 Å². The summed E-state index contributed by atoms with van der Waals surface area (Å²) in [6.07, 6.45) is 1.56. The third-order valence-electron chi connectivity index (χ3n) is 4.31. The van der Waals surface area contributed by atoms with E-state index in [4.69, 9.17) is 0 Å². The second-order valence-electron chi connectivity index (χ2n) is 6.23. The highest BCUT2D eigenvalue weighted by Gasteiger charge is 2.22. The van der Waals surface area contributed by atoms with Crippen LogP contribution in [0.25, 0.3) is 17.2 Å². The van der Waals surface area contributed by atoms with Gasteiger partial charge in [-0.15, -0.1) is 5.10 Å². The Hall–Kier alpha value is -3.02. The van der Waals surface area contributed by atoms with Crippen molar-refractivity contribution in [2.24, 2.45) is 0 Å². The van der Waals surface area contributed by atoms with Gasteiger partial charge in [0.1, 0.15) is 5.82 Å². The first-order valence-corrected chi connectivity index (χ1v) is 8.40. The van der Waals surface area contributed by atoms with E-state index >= 15 is 0 Å². The quantitative estimate of drug-likeness (QED) is 0.739. The van der Waals surface area contributed by atoms with Crippen LogP contribution in [0, 0.1) is 13.8 Å². The number of benzene rings is 1. The SMILES string of the molecule is Cc1cccc(-n2nc(C)nc2-c2ccc(N3CCCC3=O)cc2)n1. The molecule has 1 amide bonds. The van der Waals surface area contributed by atoms with Gasteiger partial charge in [0.15, 0.2) is 11.6 Å². The summed E-state index contributed by atoms with van der Waals surface area (Å²) < 4.78 is 1.76. The highest BCUT2D eigenvalue weighted by atomic mass is 16.2. The van der Waals surface area contributed by atoms with Crippen LogP contribution in [0.3, 0.4) is 0 Å². The minimum absolute atomic E-state index is 0.190. The van der Waals surface area contributed by atoms with Crippen LogP contribution < -0.4 is 4.90 Å². The standard InChI is InChI=1S/C19H19N5O/c1-13-5-3-6-17(20-13)24-19(21-14(2)22-24)15-8-10-16(11-9-15)23-12-4-7-18(23)25/h3,5-6,8-11H,4,7,12H2,1-2H3. The average Bonchev–Trinajstić information content (AvgIpc) is 3.21. The monoisotopic (exact) mass is 333 g/mol. The highest BCUT2D eigenvalue weighted by Crippen LogP contribution is 2.26. The third kappa shape index (κ3) is 2.91. The maximum absolute atomic E-state index is 11.9. The Bertz CT molecular complexity index is 929. The molecule has 1 aliphatic heterocycles. The molecular formula is C19H19N5O. The number of nitrogens with zero attached hydrogens (tertiary/aromatic N) is 5. The molecule has 3 heterocycles. The minimum atomic E-state index is 0.190. The van der Waals surface area contributed by atoms with Crippen molar-refractivity contribution in [3.8, 4) is 17.2 Å². The molecule has 25 heavy (non-hydrogen) atoms. The summed E-state index contributed by atoms with van der Waals surface area (Å²) in [5, 5.41) is 4.49. The molecule has 1 aliphatic rings. The Morgan fingerprint density at radius 3 is 2.48 bits per heavy atom. The number of carbonyl (C=O) groups excluding carboxylic acids is 1. The van der Waals surface area contributed by atoms with Gasteiger partial charge in [0.05, 0.1) is 0 Å². The van der Waals surface area contributed by atoms with E-state index in [1.54, 1.807) is 4.68 Å². The number of aromatic nitrogens is 4. The molecule has 126 valence electrons. The van der Waals surface area contributed by atoms with Crippen LogP contribution in [-0.4, -0.2) is 32.2 Å². The molecule has 0 unspecified atom stereocenters. The Morgan fingerprint density at radius 2 is 1.80 bits per heavy atom. The summed E-state index contributed by atoms with van der Waals surface area (Å²) >= 11 is 0. The molecule has 3 aromatic rings. The summed E-state index contributed by atoms with van der Waals surface area (Å²) in [5.41, 5.74) is 2.81. The molecule has 0 atom stereocenters. The van der Waals surface area contributed by atoms with Gasteiger partial charge < -0.3 is 4.90 Å². The zero-order valence-electron chi connectivity index (χ0n) is 14.3. The van der Waals surface area contributed by atoms with Gasteiger partial charge in [0.2, 0.25) is 5.91 Å². The molecule has 0 aliphatic carbocycles. The van der Waals surface area contributed by atoms with Gasteiger partial charge >= 0.3 is 0 Å². The molecule has 1 saturated heterocycles. The van der Waals surface area contributed by atoms with Crippen LogP contribution in [0.5, 0.6) is 0 Å². The van der Waals surface area contributed by atoms with Gasteiger partial charge in [-0.2, -0.15) is 4.68 Å². The number of aryl methyl sites for hydroxylation is 2. The first kappa shape index (κ1) is 15.5. The van der Waals surface area contributed by atoms with Crippen molar-refractivity contribution in [2.45, 2.75) is 26.7 Å². The molecule has 2 aromatic heterocycles. The van der Waals surface area contributed by atoms with Gasteiger partial charge in [-0.1, -0.05) is 6.07 Å². The van der Waals surface area contributed by atoms with Crippen molar-refractivity contribution in [1.29, 1.82) is 0 Å². The van der Waals surface area contributed by atoms with Crippen molar-refractivity contribution in [3.63, 3.8) is 0 Å². The van der Waals surface area contributed by atoms with Crippen LogP contribution in [0.4, 0.5) is 5.69 Å². The number of anilines is 1. The van der Waals surface area contributed by atoms with E-state index in [2.05, 4.69) is 15.1 Å². The minimum Gasteiger partial charge on any atom is -0.312 e. The topological polar surface area (TPSA) is 63.9 Å². The number of hydrogen-bond acceptors (Lipinski definition) is 4. The molecule has 6 heteroatoms. The Morgan fingerprint density at radius 1 is 1.00 bits per heavy atom. The normalized spacial score (nSPS) is 14.3. The second kappa shape index (κ2) is 6.12. The summed E-state index contributed by atoms with van der Waals surface area (Å²) in [6, 6.07) is 13.7. The van der Waals surface area contributed by atoms with Gasteiger partial charge in [-0.3, -0.25) is 4.79 Å². The Labute approximate surface area is 146 Å². The first-order valence-electron chi connectivity index (χ1n) is 8.40. The van der Waals surface area contributed by atoms with Crippen molar-refractivity contribution < 1.29 is 4.79 Å². The molecule has 1 aromatic carbocycles. The lowest BCUT2D eigenvalue weighted by atomic mass is 10.2. The lowest BCUT2D eigenvalue weighted by Crippen LogP contribution is -2.23. The molecule has 0 saturated carbocycles. The maximum atomic E-state index is 11.9. The van der Waals surface area contributed by atoms with Crippen LogP contribution in [0.2, 0.25) is 0 Å². The molecule has 6 nitrogen and oxygen atoms in total. The molecule has 0 spiro atoms. The van der Waals surface area contributed by atoms with Gasteiger partial charge in [0.25, 0.3) is 0 Å². The van der Waals surface area contributed by atoms with E-state index in [9.17, 15) is 4.79 Å².